The average molecular weight is 505 g/mol. The van der Waals surface area contributed by atoms with Gasteiger partial charge in [0.15, 0.2) is 11.6 Å². The van der Waals surface area contributed by atoms with Gasteiger partial charge in [-0.1, -0.05) is 0 Å². The third-order valence-corrected chi connectivity index (χ3v) is 7.67. The molecule has 8 nitrogen and oxygen atoms in total. The van der Waals surface area contributed by atoms with Crippen LogP contribution in [-0.4, -0.2) is 43.5 Å². The van der Waals surface area contributed by atoms with Gasteiger partial charge in [-0.15, -0.1) is 11.3 Å². The number of aromatic nitrogens is 3. The normalized spacial score (nSPS) is 16.9. The lowest BCUT2D eigenvalue weighted by Crippen LogP contribution is -2.38. The smallest absolute Gasteiger partial charge is 0.240 e. The van der Waals surface area contributed by atoms with Crippen LogP contribution < -0.4 is 20.1 Å². The first-order valence-corrected chi connectivity index (χ1v) is 13.3. The number of benzene rings is 1. The SMILES string of the molecule is Cc1nc(Oc2ccc(NS(=O)C(C)C)c(C)c2F)c(-c2ccnc(NC3CCCNC3)n2)s1. The summed E-state index contributed by atoms with van der Waals surface area (Å²) in [5.41, 5.74) is 1.45. The molecule has 0 radical (unpaired) electrons. The number of hydrogen-bond acceptors (Lipinski definition) is 8. The maximum Gasteiger partial charge on any atom is 0.240 e. The molecule has 1 aliphatic heterocycles. The molecule has 34 heavy (non-hydrogen) atoms. The Bertz CT molecular complexity index is 1180. The Hall–Kier alpha value is -2.63. The summed E-state index contributed by atoms with van der Waals surface area (Å²) in [6, 6.07) is 5.25. The van der Waals surface area contributed by atoms with Crippen LogP contribution in [0.15, 0.2) is 24.4 Å². The van der Waals surface area contributed by atoms with Crippen LogP contribution in [0.3, 0.4) is 0 Å². The van der Waals surface area contributed by atoms with E-state index in [0.717, 1.165) is 30.9 Å². The van der Waals surface area contributed by atoms with Gasteiger partial charge in [-0.2, -0.15) is 0 Å². The first-order valence-electron chi connectivity index (χ1n) is 11.2. The molecule has 4 rings (SSSR count). The Balaban J connectivity index is 1.57. The number of anilines is 2. The predicted octanol–water partition coefficient (Wildman–Crippen LogP) is 4.80. The van der Waals surface area contributed by atoms with E-state index in [2.05, 4.69) is 30.3 Å². The van der Waals surface area contributed by atoms with Crippen molar-refractivity contribution >= 4 is 34.0 Å². The number of nitrogens with one attached hydrogen (secondary N) is 3. The highest BCUT2D eigenvalue weighted by Gasteiger charge is 2.20. The summed E-state index contributed by atoms with van der Waals surface area (Å²) in [6.07, 6.45) is 3.86. The molecule has 1 aliphatic rings. The molecule has 0 spiro atoms. The molecule has 1 saturated heterocycles. The Kier molecular flexibility index (Phi) is 7.74. The van der Waals surface area contributed by atoms with E-state index < -0.39 is 16.8 Å². The summed E-state index contributed by atoms with van der Waals surface area (Å²) in [5, 5.41) is 7.43. The van der Waals surface area contributed by atoms with Gasteiger partial charge in [-0.25, -0.2) is 23.6 Å². The number of aryl methyl sites for hydroxylation is 1. The van der Waals surface area contributed by atoms with Crippen molar-refractivity contribution in [2.75, 3.05) is 23.1 Å². The van der Waals surface area contributed by atoms with E-state index in [4.69, 9.17) is 4.74 Å². The van der Waals surface area contributed by atoms with Crippen molar-refractivity contribution in [1.29, 1.82) is 0 Å². The standard InChI is InChI=1S/C23H29FN6O2S2/c1-13(2)34(31)30-17-7-8-19(20(24)14(17)3)32-22-21(33-15(4)27-22)18-9-11-26-23(29-18)28-16-6-5-10-25-12-16/h7-9,11,13,16,25,30H,5-6,10,12H2,1-4H3,(H,26,28,29). The van der Waals surface area contributed by atoms with Crippen LogP contribution in [0.5, 0.6) is 11.6 Å². The van der Waals surface area contributed by atoms with Crippen LogP contribution in [-0.2, 0) is 11.0 Å². The fraction of sp³-hybridized carbons (Fsp3) is 0.435. The lowest BCUT2D eigenvalue weighted by Gasteiger charge is -2.23. The van der Waals surface area contributed by atoms with Crippen molar-refractivity contribution in [2.45, 2.75) is 51.8 Å². The summed E-state index contributed by atoms with van der Waals surface area (Å²) >= 11 is 1.42. The minimum atomic E-state index is -1.31. The van der Waals surface area contributed by atoms with Crippen LogP contribution in [0.1, 0.15) is 37.3 Å². The maximum absolute atomic E-state index is 15.1. The van der Waals surface area contributed by atoms with Gasteiger partial charge in [0.2, 0.25) is 11.8 Å². The summed E-state index contributed by atoms with van der Waals surface area (Å²) in [5.74, 6) is 0.345. The Morgan fingerprint density at radius 1 is 1.26 bits per heavy atom. The van der Waals surface area contributed by atoms with Gasteiger partial charge in [-0.05, 0) is 65.3 Å². The number of piperidine rings is 1. The summed E-state index contributed by atoms with van der Waals surface area (Å²) in [6.45, 7) is 9.05. The van der Waals surface area contributed by atoms with Crippen molar-refractivity contribution in [3.63, 3.8) is 0 Å². The molecular formula is C23H29FN6O2S2. The van der Waals surface area contributed by atoms with E-state index >= 15 is 4.39 Å². The highest BCUT2D eigenvalue weighted by atomic mass is 32.2. The molecule has 182 valence electrons. The van der Waals surface area contributed by atoms with Gasteiger partial charge < -0.3 is 20.1 Å². The molecule has 3 aromatic rings. The first-order chi connectivity index (χ1) is 16.3. The van der Waals surface area contributed by atoms with Gasteiger partial charge >= 0.3 is 0 Å². The number of rotatable bonds is 8. The van der Waals surface area contributed by atoms with Crippen molar-refractivity contribution in [2.24, 2.45) is 0 Å². The van der Waals surface area contributed by atoms with E-state index in [9.17, 15) is 4.21 Å². The van der Waals surface area contributed by atoms with Crippen LogP contribution >= 0.6 is 11.3 Å². The molecule has 0 aliphatic carbocycles. The second kappa shape index (κ2) is 10.7. The molecule has 3 N–H and O–H groups in total. The number of halogens is 1. The second-order valence-electron chi connectivity index (χ2n) is 8.42. The number of hydrogen-bond donors (Lipinski definition) is 3. The van der Waals surface area contributed by atoms with E-state index in [0.29, 0.717) is 27.8 Å². The van der Waals surface area contributed by atoms with Crippen molar-refractivity contribution in [1.82, 2.24) is 20.3 Å². The number of nitrogens with zero attached hydrogens (tertiary/aromatic N) is 3. The Morgan fingerprint density at radius 2 is 2.09 bits per heavy atom. The second-order valence-corrected chi connectivity index (χ2v) is 11.4. The summed E-state index contributed by atoms with van der Waals surface area (Å²) in [7, 11) is -1.31. The van der Waals surface area contributed by atoms with E-state index in [1.54, 1.807) is 25.3 Å². The lowest BCUT2D eigenvalue weighted by atomic mass is 10.1. The van der Waals surface area contributed by atoms with Gasteiger partial charge in [0.25, 0.3) is 0 Å². The number of thiazole rings is 1. The molecule has 2 unspecified atom stereocenters. The molecule has 1 fully saturated rings. The first kappa shape index (κ1) is 24.5. The molecular weight excluding hydrogens is 475 g/mol. The minimum Gasteiger partial charge on any atom is -0.434 e. The third kappa shape index (κ3) is 5.70. The molecule has 0 saturated carbocycles. The van der Waals surface area contributed by atoms with Gasteiger partial charge in [0.1, 0.15) is 15.9 Å². The van der Waals surface area contributed by atoms with Gasteiger partial charge in [-0.3, -0.25) is 0 Å². The maximum atomic E-state index is 15.1. The van der Waals surface area contributed by atoms with Crippen molar-refractivity contribution in [3.8, 4) is 22.2 Å². The molecule has 0 bridgehead atoms. The molecule has 2 aromatic heterocycles. The van der Waals surface area contributed by atoms with E-state index in [-0.39, 0.29) is 22.9 Å². The number of ether oxygens (including phenoxy) is 1. The van der Waals surface area contributed by atoms with Gasteiger partial charge in [0, 0.05) is 29.6 Å². The lowest BCUT2D eigenvalue weighted by molar-refractivity contribution is 0.429. The van der Waals surface area contributed by atoms with Crippen LogP contribution in [0.25, 0.3) is 10.6 Å². The van der Waals surface area contributed by atoms with Gasteiger partial charge in [0.05, 0.1) is 16.4 Å². The molecule has 2 atom stereocenters. The van der Waals surface area contributed by atoms with E-state index in [1.165, 1.54) is 17.4 Å². The van der Waals surface area contributed by atoms with Crippen molar-refractivity contribution in [3.05, 3.63) is 40.8 Å². The topological polar surface area (TPSA) is 101 Å². The third-order valence-electron chi connectivity index (χ3n) is 5.42. The zero-order valence-corrected chi connectivity index (χ0v) is 21.3. The monoisotopic (exact) mass is 504 g/mol. The largest absolute Gasteiger partial charge is 0.434 e. The zero-order chi connectivity index (χ0) is 24.2. The molecule has 1 aromatic carbocycles. The Morgan fingerprint density at radius 3 is 2.82 bits per heavy atom. The van der Waals surface area contributed by atoms with Crippen LogP contribution in [0.4, 0.5) is 16.0 Å². The minimum absolute atomic E-state index is 0.0469. The predicted molar refractivity (Wildman–Crippen MR) is 136 cm³/mol. The fourth-order valence-electron chi connectivity index (χ4n) is 3.53. The molecule has 3 heterocycles. The average Bonchev–Trinajstić information content (AvgIpc) is 3.19. The zero-order valence-electron chi connectivity index (χ0n) is 19.6. The summed E-state index contributed by atoms with van der Waals surface area (Å²) < 4.78 is 36.0. The fourth-order valence-corrected chi connectivity index (χ4v) is 5.02. The van der Waals surface area contributed by atoms with Crippen molar-refractivity contribution < 1.29 is 13.3 Å². The quantitative estimate of drug-likeness (QED) is 0.405. The molecule has 0 amide bonds. The highest BCUT2D eigenvalue weighted by molar-refractivity contribution is 7.86. The van der Waals surface area contributed by atoms with E-state index in [1.807, 2.05) is 20.8 Å². The van der Waals surface area contributed by atoms with Crippen LogP contribution in [0, 0.1) is 19.7 Å². The van der Waals surface area contributed by atoms with Crippen LogP contribution in [0.2, 0.25) is 0 Å². The Labute approximate surface area is 205 Å². The summed E-state index contributed by atoms with van der Waals surface area (Å²) in [4.78, 5) is 14.2. The molecule has 11 heteroatoms. The highest BCUT2D eigenvalue weighted by Crippen LogP contribution is 2.39.